The van der Waals surface area contributed by atoms with Gasteiger partial charge in [-0.1, -0.05) is 12.1 Å². The van der Waals surface area contributed by atoms with E-state index in [0.29, 0.717) is 35.2 Å². The Bertz CT molecular complexity index is 931. The Morgan fingerprint density at radius 2 is 2.27 bits per heavy atom. The molecule has 0 radical (unpaired) electrons. The average molecular weight is 354 g/mol. The van der Waals surface area contributed by atoms with Crippen LogP contribution in [0.5, 0.6) is 11.5 Å². The molecule has 8 heteroatoms. The fraction of sp³-hybridized carbons (Fsp3) is 0.278. The van der Waals surface area contributed by atoms with E-state index in [2.05, 4.69) is 20.8 Å². The van der Waals surface area contributed by atoms with Crippen LogP contribution in [0.2, 0.25) is 0 Å². The van der Waals surface area contributed by atoms with Crippen molar-refractivity contribution in [1.82, 2.24) is 15.5 Å². The summed E-state index contributed by atoms with van der Waals surface area (Å²) in [4.78, 5) is 24.3. The van der Waals surface area contributed by atoms with Crippen molar-refractivity contribution in [3.05, 3.63) is 40.6 Å². The summed E-state index contributed by atoms with van der Waals surface area (Å²) < 4.78 is 11.2. The number of aromatic amines is 1. The summed E-state index contributed by atoms with van der Waals surface area (Å²) in [5.41, 5.74) is 2.83. The standard InChI is InChI=1S/C18H18N4O4/c1-19-18(24)15-14-11(7-13(23)20-17(14)22-21-15)10-6-9-4-3-5-12(25-2)16(9)26-8-10/h3-6,11H,7-8H2,1-2H3,(H,19,24)(H2,20,21,22,23). The fourth-order valence-corrected chi connectivity index (χ4v) is 3.43. The molecule has 2 aliphatic heterocycles. The van der Waals surface area contributed by atoms with Gasteiger partial charge in [-0.25, -0.2) is 0 Å². The zero-order valence-electron chi connectivity index (χ0n) is 14.4. The minimum absolute atomic E-state index is 0.144. The first-order valence-electron chi connectivity index (χ1n) is 8.22. The van der Waals surface area contributed by atoms with Crippen LogP contribution >= 0.6 is 0 Å². The quantitative estimate of drug-likeness (QED) is 0.778. The molecule has 1 aromatic carbocycles. The Morgan fingerprint density at radius 1 is 1.42 bits per heavy atom. The van der Waals surface area contributed by atoms with Gasteiger partial charge in [0.05, 0.1) is 7.11 Å². The molecular weight excluding hydrogens is 336 g/mol. The number of hydrogen-bond acceptors (Lipinski definition) is 5. The maximum Gasteiger partial charge on any atom is 0.269 e. The number of H-pyrrole nitrogens is 1. The van der Waals surface area contributed by atoms with E-state index in [4.69, 9.17) is 9.47 Å². The second-order valence-electron chi connectivity index (χ2n) is 6.13. The molecule has 0 fully saturated rings. The Balaban J connectivity index is 1.80. The fourth-order valence-electron chi connectivity index (χ4n) is 3.43. The normalized spacial score (nSPS) is 18.0. The molecule has 2 aliphatic rings. The van der Waals surface area contributed by atoms with Crippen LogP contribution in [0.25, 0.3) is 6.08 Å². The molecule has 3 heterocycles. The van der Waals surface area contributed by atoms with Gasteiger partial charge >= 0.3 is 0 Å². The number of methoxy groups -OCH3 is 1. The third kappa shape index (κ3) is 2.50. The molecule has 0 spiro atoms. The number of anilines is 1. The lowest BCUT2D eigenvalue weighted by Gasteiger charge is -2.28. The number of hydrogen-bond donors (Lipinski definition) is 3. The minimum atomic E-state index is -0.288. The third-order valence-electron chi connectivity index (χ3n) is 4.65. The molecular formula is C18H18N4O4. The molecule has 2 amide bonds. The number of carbonyl (C=O) groups is 2. The van der Waals surface area contributed by atoms with Crippen LogP contribution in [0.15, 0.2) is 23.8 Å². The lowest BCUT2D eigenvalue weighted by molar-refractivity contribution is -0.116. The smallest absolute Gasteiger partial charge is 0.269 e. The summed E-state index contributed by atoms with van der Waals surface area (Å²) in [6.07, 6.45) is 2.22. The van der Waals surface area contributed by atoms with E-state index in [1.165, 1.54) is 0 Å². The van der Waals surface area contributed by atoms with E-state index in [0.717, 1.165) is 11.1 Å². The van der Waals surface area contributed by atoms with E-state index in [9.17, 15) is 9.59 Å². The van der Waals surface area contributed by atoms with Gasteiger partial charge in [-0.3, -0.25) is 14.7 Å². The molecule has 8 nitrogen and oxygen atoms in total. The van der Waals surface area contributed by atoms with E-state index in [-0.39, 0.29) is 24.2 Å². The van der Waals surface area contributed by atoms with Crippen molar-refractivity contribution in [3.8, 4) is 11.5 Å². The van der Waals surface area contributed by atoms with Gasteiger partial charge in [0, 0.05) is 30.5 Å². The van der Waals surface area contributed by atoms with Crippen molar-refractivity contribution in [2.75, 3.05) is 26.1 Å². The Labute approximate surface area is 149 Å². The van der Waals surface area contributed by atoms with Crippen LogP contribution in [-0.4, -0.2) is 42.8 Å². The highest BCUT2D eigenvalue weighted by molar-refractivity contribution is 6.00. The summed E-state index contributed by atoms with van der Waals surface area (Å²) in [7, 11) is 3.15. The van der Waals surface area contributed by atoms with E-state index in [1.54, 1.807) is 14.2 Å². The lowest BCUT2D eigenvalue weighted by Crippen LogP contribution is -2.28. The summed E-state index contributed by atoms with van der Waals surface area (Å²) in [6.45, 7) is 0.309. The van der Waals surface area contributed by atoms with Crippen LogP contribution in [0.4, 0.5) is 5.82 Å². The predicted molar refractivity (Wildman–Crippen MR) is 94.4 cm³/mol. The summed E-state index contributed by atoms with van der Waals surface area (Å²) >= 11 is 0. The summed E-state index contributed by atoms with van der Waals surface area (Å²) in [6, 6.07) is 5.65. The van der Waals surface area contributed by atoms with Gasteiger partial charge in [-0.2, -0.15) is 5.10 Å². The third-order valence-corrected chi connectivity index (χ3v) is 4.65. The number of rotatable bonds is 3. The van der Waals surface area contributed by atoms with Gasteiger partial charge in [-0.15, -0.1) is 0 Å². The van der Waals surface area contributed by atoms with Crippen LogP contribution in [0, 0.1) is 0 Å². The van der Waals surface area contributed by atoms with Gasteiger partial charge in [-0.05, 0) is 17.7 Å². The zero-order chi connectivity index (χ0) is 18.3. The van der Waals surface area contributed by atoms with E-state index in [1.807, 2.05) is 24.3 Å². The SMILES string of the molecule is CNC(=O)c1[nH]nc2c1C(C1=Cc3cccc(OC)c3OC1)CC(=O)N2. The molecule has 1 aromatic heterocycles. The monoisotopic (exact) mass is 354 g/mol. The molecule has 0 bridgehead atoms. The number of fused-ring (bicyclic) bond motifs is 2. The molecule has 2 aromatic rings. The summed E-state index contributed by atoms with van der Waals surface area (Å²) in [5.74, 6) is 1.02. The van der Waals surface area contributed by atoms with Crippen molar-refractivity contribution < 1.29 is 19.1 Å². The second kappa shape index (κ2) is 6.21. The Kier molecular flexibility index (Phi) is 3.87. The van der Waals surface area contributed by atoms with Gasteiger partial charge in [0.25, 0.3) is 5.91 Å². The minimum Gasteiger partial charge on any atom is -0.493 e. The van der Waals surface area contributed by atoms with Crippen molar-refractivity contribution in [3.63, 3.8) is 0 Å². The van der Waals surface area contributed by atoms with E-state index >= 15 is 0 Å². The number of aromatic nitrogens is 2. The number of nitrogens with zero attached hydrogens (tertiary/aromatic N) is 1. The highest BCUT2D eigenvalue weighted by Gasteiger charge is 2.35. The number of amides is 2. The van der Waals surface area contributed by atoms with Crippen molar-refractivity contribution in [1.29, 1.82) is 0 Å². The zero-order valence-corrected chi connectivity index (χ0v) is 14.4. The molecule has 0 saturated carbocycles. The van der Waals surface area contributed by atoms with Gasteiger partial charge in [0.2, 0.25) is 5.91 Å². The number of benzene rings is 1. The number of ether oxygens (including phenoxy) is 2. The second-order valence-corrected chi connectivity index (χ2v) is 6.13. The highest BCUT2D eigenvalue weighted by Crippen LogP contribution is 2.43. The van der Waals surface area contributed by atoms with Crippen molar-refractivity contribution in [2.24, 2.45) is 0 Å². The van der Waals surface area contributed by atoms with Crippen LogP contribution in [-0.2, 0) is 4.79 Å². The summed E-state index contributed by atoms with van der Waals surface area (Å²) in [5, 5.41) is 12.1. The van der Waals surface area contributed by atoms with Gasteiger partial charge in [0.1, 0.15) is 12.3 Å². The highest BCUT2D eigenvalue weighted by atomic mass is 16.5. The molecule has 1 atom stereocenters. The van der Waals surface area contributed by atoms with Crippen molar-refractivity contribution in [2.45, 2.75) is 12.3 Å². The van der Waals surface area contributed by atoms with Crippen LogP contribution in [0.3, 0.4) is 0 Å². The largest absolute Gasteiger partial charge is 0.493 e. The first-order chi connectivity index (χ1) is 12.6. The molecule has 1 unspecified atom stereocenters. The predicted octanol–water partition coefficient (Wildman–Crippen LogP) is 1.68. The van der Waals surface area contributed by atoms with Gasteiger partial charge in [0.15, 0.2) is 17.3 Å². The Hall–Kier alpha value is -3.29. The molecule has 0 aliphatic carbocycles. The topological polar surface area (TPSA) is 105 Å². The maximum absolute atomic E-state index is 12.2. The first-order valence-corrected chi connectivity index (χ1v) is 8.22. The first kappa shape index (κ1) is 16.2. The molecule has 0 saturated heterocycles. The van der Waals surface area contributed by atoms with Crippen LogP contribution in [0.1, 0.15) is 34.0 Å². The number of nitrogens with one attached hydrogen (secondary N) is 3. The van der Waals surface area contributed by atoms with E-state index < -0.39 is 0 Å². The molecule has 26 heavy (non-hydrogen) atoms. The lowest BCUT2D eigenvalue weighted by atomic mass is 9.83. The molecule has 3 N–H and O–H groups in total. The van der Waals surface area contributed by atoms with Crippen molar-refractivity contribution >= 4 is 23.7 Å². The molecule has 4 rings (SSSR count). The maximum atomic E-state index is 12.2. The Morgan fingerprint density at radius 3 is 3.04 bits per heavy atom. The number of carbonyl (C=O) groups excluding carboxylic acids is 2. The van der Waals surface area contributed by atoms with Crippen LogP contribution < -0.4 is 20.1 Å². The van der Waals surface area contributed by atoms with Gasteiger partial charge < -0.3 is 20.1 Å². The number of para-hydroxylation sites is 1. The average Bonchev–Trinajstić information content (AvgIpc) is 3.09. The molecule has 134 valence electrons.